The third kappa shape index (κ3) is 4.84. The Bertz CT molecular complexity index is 410. The van der Waals surface area contributed by atoms with Gasteiger partial charge in [0, 0.05) is 25.7 Å². The summed E-state index contributed by atoms with van der Waals surface area (Å²) in [4.78, 5) is 25.9. The average molecular weight is 293 g/mol. The maximum atomic E-state index is 12.1. The maximum absolute atomic E-state index is 12.1. The van der Waals surface area contributed by atoms with E-state index >= 15 is 0 Å². The van der Waals surface area contributed by atoms with Gasteiger partial charge in [-0.2, -0.15) is 0 Å². The first kappa shape index (κ1) is 16.0. The number of nitrogens with zero attached hydrogens (tertiary/aromatic N) is 1. The van der Waals surface area contributed by atoms with Crippen molar-refractivity contribution < 1.29 is 9.59 Å². The van der Waals surface area contributed by atoms with E-state index in [2.05, 4.69) is 10.6 Å². The lowest BCUT2D eigenvalue weighted by Gasteiger charge is -2.32. The zero-order chi connectivity index (χ0) is 15.2. The van der Waals surface area contributed by atoms with Crippen LogP contribution < -0.4 is 10.6 Å². The first-order valence-corrected chi connectivity index (χ1v) is 8.01. The lowest BCUT2D eigenvalue weighted by atomic mass is 9.97. The largest absolute Gasteiger partial charge is 0.354 e. The van der Waals surface area contributed by atoms with Crippen molar-refractivity contribution in [1.29, 1.82) is 0 Å². The molecule has 0 radical (unpaired) electrons. The number of likely N-dealkylation sites (tertiary alicyclic amines) is 1. The molecule has 0 aromatic heterocycles. The van der Waals surface area contributed by atoms with Crippen molar-refractivity contribution in [2.75, 3.05) is 26.2 Å². The average Bonchev–Trinajstić information content (AvgIpc) is 2.98. The van der Waals surface area contributed by atoms with Crippen molar-refractivity contribution in [2.45, 2.75) is 45.6 Å². The van der Waals surface area contributed by atoms with Crippen LogP contribution in [0.3, 0.4) is 0 Å². The Morgan fingerprint density at radius 2 is 2.10 bits per heavy atom. The molecule has 0 aromatic carbocycles. The molecule has 0 aliphatic carbocycles. The highest BCUT2D eigenvalue weighted by molar-refractivity contribution is 5.88. The molecule has 0 bridgehead atoms. The smallest absolute Gasteiger partial charge is 0.246 e. The van der Waals surface area contributed by atoms with Gasteiger partial charge in [-0.15, -0.1) is 0 Å². The monoisotopic (exact) mass is 293 g/mol. The zero-order valence-corrected chi connectivity index (χ0v) is 13.2. The van der Waals surface area contributed by atoms with Gasteiger partial charge in [-0.3, -0.25) is 9.59 Å². The van der Waals surface area contributed by atoms with Crippen molar-refractivity contribution in [3.63, 3.8) is 0 Å². The molecule has 2 aliphatic rings. The Morgan fingerprint density at radius 1 is 1.29 bits per heavy atom. The quantitative estimate of drug-likeness (QED) is 0.762. The maximum Gasteiger partial charge on any atom is 0.246 e. The van der Waals surface area contributed by atoms with E-state index in [1.165, 1.54) is 0 Å². The van der Waals surface area contributed by atoms with Crippen LogP contribution in [0.4, 0.5) is 0 Å². The van der Waals surface area contributed by atoms with Crippen LogP contribution in [0.25, 0.3) is 0 Å². The minimum atomic E-state index is -0.0167. The number of hydrogen-bond donors (Lipinski definition) is 2. The summed E-state index contributed by atoms with van der Waals surface area (Å²) in [6.07, 6.45) is 5.80. The minimum absolute atomic E-state index is 0.0167. The summed E-state index contributed by atoms with van der Waals surface area (Å²) in [7, 11) is 0. The summed E-state index contributed by atoms with van der Waals surface area (Å²) < 4.78 is 0. The number of rotatable bonds is 4. The Hall–Kier alpha value is -1.36. The topological polar surface area (TPSA) is 61.4 Å². The Balaban J connectivity index is 1.77. The fourth-order valence-corrected chi connectivity index (χ4v) is 3.05. The van der Waals surface area contributed by atoms with Crippen LogP contribution in [-0.4, -0.2) is 48.9 Å². The molecular weight excluding hydrogens is 266 g/mol. The summed E-state index contributed by atoms with van der Waals surface area (Å²) in [6, 6.07) is -0.0167. The van der Waals surface area contributed by atoms with E-state index in [-0.39, 0.29) is 17.9 Å². The number of carbonyl (C=O) groups excluding carboxylic acids is 2. The first-order chi connectivity index (χ1) is 10.1. The van der Waals surface area contributed by atoms with Gasteiger partial charge in [0.05, 0.1) is 6.04 Å². The van der Waals surface area contributed by atoms with Crippen LogP contribution in [0.2, 0.25) is 0 Å². The van der Waals surface area contributed by atoms with Crippen molar-refractivity contribution in [3.8, 4) is 0 Å². The summed E-state index contributed by atoms with van der Waals surface area (Å²) in [5.41, 5.74) is 1.03. The molecule has 2 amide bonds. The van der Waals surface area contributed by atoms with E-state index in [9.17, 15) is 9.59 Å². The van der Waals surface area contributed by atoms with E-state index in [0.717, 1.165) is 50.9 Å². The Labute approximate surface area is 127 Å². The second-order valence-electron chi connectivity index (χ2n) is 6.41. The number of carbonyl (C=O) groups is 2. The molecule has 5 nitrogen and oxygen atoms in total. The molecule has 118 valence electrons. The van der Waals surface area contributed by atoms with E-state index < -0.39 is 0 Å². The van der Waals surface area contributed by atoms with Gasteiger partial charge in [0.1, 0.15) is 0 Å². The molecule has 21 heavy (non-hydrogen) atoms. The summed E-state index contributed by atoms with van der Waals surface area (Å²) in [5.74, 6) is 0.586. The summed E-state index contributed by atoms with van der Waals surface area (Å²) in [5, 5.41) is 6.25. The second-order valence-corrected chi connectivity index (χ2v) is 6.41. The van der Waals surface area contributed by atoms with Crippen molar-refractivity contribution in [3.05, 3.63) is 11.6 Å². The number of hydrogen-bond acceptors (Lipinski definition) is 3. The fraction of sp³-hybridized carbons (Fsp3) is 0.750. The molecule has 2 fully saturated rings. The Kier molecular flexibility index (Phi) is 5.79. The van der Waals surface area contributed by atoms with Gasteiger partial charge in [-0.25, -0.2) is 0 Å². The fourth-order valence-electron chi connectivity index (χ4n) is 3.05. The molecule has 2 saturated heterocycles. The van der Waals surface area contributed by atoms with Gasteiger partial charge < -0.3 is 15.5 Å². The minimum Gasteiger partial charge on any atom is -0.354 e. The predicted octanol–water partition coefficient (Wildman–Crippen LogP) is 1.06. The third-order valence-electron chi connectivity index (χ3n) is 4.18. The van der Waals surface area contributed by atoms with Crippen LogP contribution in [0.5, 0.6) is 0 Å². The lowest BCUT2D eigenvalue weighted by molar-refractivity contribution is -0.127. The van der Waals surface area contributed by atoms with Gasteiger partial charge >= 0.3 is 0 Å². The van der Waals surface area contributed by atoms with E-state index in [4.69, 9.17) is 0 Å². The highest BCUT2D eigenvalue weighted by atomic mass is 16.2. The first-order valence-electron chi connectivity index (χ1n) is 8.01. The van der Waals surface area contributed by atoms with Crippen molar-refractivity contribution >= 4 is 11.8 Å². The van der Waals surface area contributed by atoms with Gasteiger partial charge in [-0.1, -0.05) is 5.57 Å². The number of nitrogens with one attached hydrogen (secondary N) is 2. The van der Waals surface area contributed by atoms with Crippen molar-refractivity contribution in [2.24, 2.45) is 5.92 Å². The lowest BCUT2D eigenvalue weighted by Crippen LogP contribution is -2.46. The van der Waals surface area contributed by atoms with E-state index in [1.54, 1.807) is 6.08 Å². The molecular formula is C16H27N3O2. The van der Waals surface area contributed by atoms with Gasteiger partial charge in [0.15, 0.2) is 0 Å². The molecule has 0 spiro atoms. The molecule has 5 heteroatoms. The van der Waals surface area contributed by atoms with Crippen LogP contribution in [0, 0.1) is 5.92 Å². The standard InChI is InChI=1S/C16H27N3O2/c1-12(2)9-15(20)19-8-4-5-13(11-19)10-18-16(21)14-6-3-7-17-14/h9,13-14,17H,3-8,10-11H2,1-2H3,(H,18,21). The normalized spacial score (nSPS) is 25.5. The molecule has 2 N–H and O–H groups in total. The van der Waals surface area contributed by atoms with Gasteiger partial charge in [-0.05, 0) is 52.0 Å². The third-order valence-corrected chi connectivity index (χ3v) is 4.18. The highest BCUT2D eigenvalue weighted by Gasteiger charge is 2.25. The van der Waals surface area contributed by atoms with Gasteiger partial charge in [0.25, 0.3) is 0 Å². The number of allylic oxidation sites excluding steroid dienone is 1. The SMILES string of the molecule is CC(C)=CC(=O)N1CCCC(CNC(=O)C2CCCN2)C1. The van der Waals surface area contributed by atoms with Crippen LogP contribution in [0.1, 0.15) is 39.5 Å². The zero-order valence-electron chi connectivity index (χ0n) is 13.2. The van der Waals surface area contributed by atoms with E-state index in [1.807, 2.05) is 18.7 Å². The second kappa shape index (κ2) is 7.59. The van der Waals surface area contributed by atoms with Crippen LogP contribution in [0.15, 0.2) is 11.6 Å². The van der Waals surface area contributed by atoms with Crippen LogP contribution >= 0.6 is 0 Å². The molecule has 2 aliphatic heterocycles. The molecule has 2 unspecified atom stereocenters. The van der Waals surface area contributed by atoms with E-state index in [0.29, 0.717) is 12.5 Å². The van der Waals surface area contributed by atoms with Gasteiger partial charge in [0.2, 0.25) is 11.8 Å². The number of amides is 2. The summed E-state index contributed by atoms with van der Waals surface area (Å²) >= 11 is 0. The molecule has 2 rings (SSSR count). The molecule has 2 heterocycles. The van der Waals surface area contributed by atoms with Crippen molar-refractivity contribution in [1.82, 2.24) is 15.5 Å². The summed E-state index contributed by atoms with van der Waals surface area (Å²) in [6.45, 7) is 7.07. The Morgan fingerprint density at radius 3 is 2.76 bits per heavy atom. The molecule has 0 aromatic rings. The molecule has 2 atom stereocenters. The molecule has 0 saturated carbocycles. The van der Waals surface area contributed by atoms with Crippen LogP contribution in [-0.2, 0) is 9.59 Å². The predicted molar refractivity (Wildman–Crippen MR) is 82.8 cm³/mol. The number of piperidine rings is 1. The highest BCUT2D eigenvalue weighted by Crippen LogP contribution is 2.16.